The maximum absolute atomic E-state index is 13.6. The smallest absolute Gasteiger partial charge is 0.254 e. The average molecular weight is 493 g/mol. The van der Waals surface area contributed by atoms with E-state index in [9.17, 15) is 14.7 Å². The summed E-state index contributed by atoms with van der Waals surface area (Å²) >= 11 is 0. The number of phenols is 1. The standard InChI is InChI=1S/C28H24N6O3/c35-21-10-9-19-16-34(28(37)18-7-5-17(6-8-18)26-29-11-12-30-26)24(14-20(19)13-21)27(36)31-15-25-32-22-3-1-2-4-23(22)33-25/h1-13,24,35H,14-16H2,(H,29,30)(H,31,36)(H,32,33). The lowest BCUT2D eigenvalue weighted by Gasteiger charge is -2.36. The van der Waals surface area contributed by atoms with Crippen molar-refractivity contribution >= 4 is 22.8 Å². The summed E-state index contributed by atoms with van der Waals surface area (Å²) in [6, 6.07) is 19.1. The highest BCUT2D eigenvalue weighted by Crippen LogP contribution is 2.28. The number of imidazole rings is 2. The SMILES string of the molecule is O=C(NCc1nc2ccccc2[nH]1)C1Cc2cc(O)ccc2CN1C(=O)c1ccc(-c2ncc[nH]2)cc1. The van der Waals surface area contributed by atoms with Gasteiger partial charge in [-0.25, -0.2) is 9.97 Å². The number of nitrogens with zero attached hydrogens (tertiary/aromatic N) is 3. The van der Waals surface area contributed by atoms with E-state index in [1.807, 2.05) is 36.4 Å². The Labute approximate surface area is 212 Å². The van der Waals surface area contributed by atoms with Gasteiger partial charge in [0.05, 0.1) is 17.6 Å². The van der Waals surface area contributed by atoms with Crippen molar-refractivity contribution in [1.29, 1.82) is 0 Å². The summed E-state index contributed by atoms with van der Waals surface area (Å²) < 4.78 is 0. The summed E-state index contributed by atoms with van der Waals surface area (Å²) in [7, 11) is 0. The summed E-state index contributed by atoms with van der Waals surface area (Å²) in [5, 5.41) is 12.9. The van der Waals surface area contributed by atoms with Crippen molar-refractivity contribution in [2.75, 3.05) is 0 Å². The molecule has 0 aliphatic carbocycles. The van der Waals surface area contributed by atoms with Gasteiger partial charge in [-0.3, -0.25) is 9.59 Å². The molecule has 3 heterocycles. The molecule has 1 atom stereocenters. The second-order valence-electron chi connectivity index (χ2n) is 9.04. The van der Waals surface area contributed by atoms with Gasteiger partial charge in [0.2, 0.25) is 5.91 Å². The first kappa shape index (κ1) is 22.5. The van der Waals surface area contributed by atoms with E-state index in [2.05, 4.69) is 25.3 Å². The largest absolute Gasteiger partial charge is 0.508 e. The van der Waals surface area contributed by atoms with Crippen LogP contribution in [0.25, 0.3) is 22.4 Å². The molecule has 2 aromatic heterocycles. The molecule has 5 aromatic rings. The summed E-state index contributed by atoms with van der Waals surface area (Å²) in [5.74, 6) is 0.959. The maximum Gasteiger partial charge on any atom is 0.254 e. The number of para-hydroxylation sites is 2. The zero-order valence-corrected chi connectivity index (χ0v) is 19.8. The number of aromatic nitrogens is 4. The highest BCUT2D eigenvalue weighted by molar-refractivity contribution is 5.98. The molecule has 0 spiro atoms. The molecule has 0 fully saturated rings. The second-order valence-corrected chi connectivity index (χ2v) is 9.04. The van der Waals surface area contributed by atoms with Crippen molar-refractivity contribution in [1.82, 2.24) is 30.2 Å². The van der Waals surface area contributed by atoms with Gasteiger partial charge in [-0.15, -0.1) is 0 Å². The van der Waals surface area contributed by atoms with E-state index < -0.39 is 6.04 Å². The average Bonchev–Trinajstić information content (AvgIpc) is 3.61. The molecule has 0 bridgehead atoms. The molecule has 4 N–H and O–H groups in total. The zero-order valence-electron chi connectivity index (χ0n) is 19.8. The lowest BCUT2D eigenvalue weighted by Crippen LogP contribution is -2.52. The maximum atomic E-state index is 13.6. The third-order valence-corrected chi connectivity index (χ3v) is 6.66. The number of fused-ring (bicyclic) bond motifs is 2. The predicted molar refractivity (Wildman–Crippen MR) is 137 cm³/mol. The van der Waals surface area contributed by atoms with Crippen LogP contribution in [0.3, 0.4) is 0 Å². The number of nitrogens with one attached hydrogen (secondary N) is 3. The summed E-state index contributed by atoms with van der Waals surface area (Å²) in [6.07, 6.45) is 3.71. The molecule has 9 nitrogen and oxygen atoms in total. The Morgan fingerprint density at radius 3 is 2.68 bits per heavy atom. The summed E-state index contributed by atoms with van der Waals surface area (Å²) in [6.45, 7) is 0.466. The van der Waals surface area contributed by atoms with Crippen LogP contribution in [0.15, 0.2) is 79.1 Å². The number of amides is 2. The molecule has 3 aromatic carbocycles. The highest BCUT2D eigenvalue weighted by Gasteiger charge is 2.35. The van der Waals surface area contributed by atoms with E-state index in [1.165, 1.54) is 0 Å². The van der Waals surface area contributed by atoms with Crippen LogP contribution in [0.2, 0.25) is 0 Å². The van der Waals surface area contributed by atoms with Gasteiger partial charge in [0.25, 0.3) is 5.91 Å². The number of hydrogen-bond donors (Lipinski definition) is 4. The fourth-order valence-corrected chi connectivity index (χ4v) is 4.75. The number of benzene rings is 3. The lowest BCUT2D eigenvalue weighted by molar-refractivity contribution is -0.126. The first-order valence-electron chi connectivity index (χ1n) is 12.0. The van der Waals surface area contributed by atoms with Crippen LogP contribution in [0.4, 0.5) is 0 Å². The number of carbonyl (C=O) groups excluding carboxylic acids is 2. The molecule has 1 aliphatic heterocycles. The van der Waals surface area contributed by atoms with Crippen LogP contribution in [0.1, 0.15) is 27.3 Å². The van der Waals surface area contributed by atoms with E-state index in [-0.39, 0.29) is 30.7 Å². The van der Waals surface area contributed by atoms with Crippen LogP contribution in [-0.4, -0.2) is 47.8 Å². The lowest BCUT2D eigenvalue weighted by atomic mass is 9.92. The van der Waals surface area contributed by atoms with Crippen molar-refractivity contribution in [2.24, 2.45) is 0 Å². The molecular weight excluding hydrogens is 468 g/mol. The second kappa shape index (κ2) is 9.27. The Balaban J connectivity index is 1.25. The number of rotatable bonds is 5. The molecule has 0 saturated carbocycles. The van der Waals surface area contributed by atoms with Gasteiger partial charge in [0.15, 0.2) is 0 Å². The number of phenolic OH excluding ortho intramolecular Hbond substituents is 1. The molecular formula is C28H24N6O3. The van der Waals surface area contributed by atoms with Gasteiger partial charge in [-0.2, -0.15) is 0 Å². The zero-order chi connectivity index (χ0) is 25.4. The van der Waals surface area contributed by atoms with Gasteiger partial charge < -0.3 is 25.3 Å². The monoisotopic (exact) mass is 492 g/mol. The fourth-order valence-electron chi connectivity index (χ4n) is 4.75. The van der Waals surface area contributed by atoms with Crippen LogP contribution in [0, 0.1) is 0 Å². The van der Waals surface area contributed by atoms with E-state index in [0.717, 1.165) is 27.7 Å². The van der Waals surface area contributed by atoms with E-state index in [0.29, 0.717) is 23.6 Å². The summed E-state index contributed by atoms with van der Waals surface area (Å²) in [4.78, 5) is 43.7. The number of hydrogen-bond acceptors (Lipinski definition) is 5. The minimum absolute atomic E-state index is 0.133. The van der Waals surface area contributed by atoms with Crippen LogP contribution in [-0.2, 0) is 24.3 Å². The topological polar surface area (TPSA) is 127 Å². The molecule has 0 radical (unpaired) electrons. The number of H-pyrrole nitrogens is 2. The number of aromatic amines is 2. The van der Waals surface area contributed by atoms with Gasteiger partial charge in [-0.05, 0) is 47.5 Å². The third kappa shape index (κ3) is 4.42. The van der Waals surface area contributed by atoms with Crippen LogP contribution < -0.4 is 5.32 Å². The normalized spacial score (nSPS) is 14.9. The van der Waals surface area contributed by atoms with Crippen molar-refractivity contribution in [2.45, 2.75) is 25.6 Å². The molecule has 9 heteroatoms. The molecule has 2 amide bonds. The number of aromatic hydroxyl groups is 1. The first-order valence-corrected chi connectivity index (χ1v) is 12.0. The molecule has 1 unspecified atom stereocenters. The van der Waals surface area contributed by atoms with Gasteiger partial charge >= 0.3 is 0 Å². The third-order valence-electron chi connectivity index (χ3n) is 6.66. The summed E-state index contributed by atoms with van der Waals surface area (Å²) in [5.41, 5.74) is 4.81. The van der Waals surface area contributed by atoms with Gasteiger partial charge in [0, 0.05) is 36.5 Å². The van der Waals surface area contributed by atoms with Crippen molar-refractivity contribution in [3.05, 3.63) is 102 Å². The Morgan fingerprint density at radius 2 is 1.89 bits per heavy atom. The molecule has 184 valence electrons. The van der Waals surface area contributed by atoms with Crippen LogP contribution >= 0.6 is 0 Å². The predicted octanol–water partition coefficient (Wildman–Crippen LogP) is 3.54. The Hall–Kier alpha value is -4.92. The minimum atomic E-state index is -0.740. The molecule has 6 rings (SSSR count). The Morgan fingerprint density at radius 1 is 1.05 bits per heavy atom. The van der Waals surface area contributed by atoms with Crippen LogP contribution in [0.5, 0.6) is 5.75 Å². The molecule has 1 aliphatic rings. The quantitative estimate of drug-likeness (QED) is 0.299. The Bertz CT molecular complexity index is 1560. The fraction of sp³-hybridized carbons (Fsp3) is 0.143. The van der Waals surface area contributed by atoms with E-state index in [1.54, 1.807) is 47.6 Å². The van der Waals surface area contributed by atoms with E-state index in [4.69, 9.17) is 0 Å². The highest BCUT2D eigenvalue weighted by atomic mass is 16.3. The number of carbonyl (C=O) groups is 2. The van der Waals surface area contributed by atoms with Crippen molar-refractivity contribution in [3.63, 3.8) is 0 Å². The minimum Gasteiger partial charge on any atom is -0.508 e. The van der Waals surface area contributed by atoms with Crippen molar-refractivity contribution < 1.29 is 14.7 Å². The van der Waals surface area contributed by atoms with E-state index >= 15 is 0 Å². The Kier molecular flexibility index (Phi) is 5.65. The van der Waals surface area contributed by atoms with Gasteiger partial charge in [0.1, 0.15) is 23.4 Å². The van der Waals surface area contributed by atoms with Crippen molar-refractivity contribution in [3.8, 4) is 17.1 Å². The molecule has 0 saturated heterocycles. The first-order chi connectivity index (χ1) is 18.0. The van der Waals surface area contributed by atoms with Gasteiger partial charge in [-0.1, -0.05) is 30.3 Å². The molecule has 37 heavy (non-hydrogen) atoms.